The van der Waals surface area contributed by atoms with Crippen molar-refractivity contribution in [3.63, 3.8) is 0 Å². The first-order valence-electron chi connectivity index (χ1n) is 5.19. The molecule has 0 saturated carbocycles. The molecule has 1 rings (SSSR count). The maximum atomic E-state index is 11.4. The monoisotopic (exact) mass is 210 g/mol. The van der Waals surface area contributed by atoms with Crippen LogP contribution in [0.3, 0.4) is 0 Å². The number of carbonyl (C=O) groups excluding carboxylic acids is 1. The summed E-state index contributed by atoms with van der Waals surface area (Å²) in [6.07, 6.45) is 2.07. The van der Waals surface area contributed by atoms with Crippen LogP contribution in [0.4, 0.5) is 10.6 Å². The van der Waals surface area contributed by atoms with Gasteiger partial charge in [-0.3, -0.25) is 10.00 Å². The van der Waals surface area contributed by atoms with Gasteiger partial charge in [0.05, 0.1) is 5.69 Å². The summed E-state index contributed by atoms with van der Waals surface area (Å²) >= 11 is 0. The van der Waals surface area contributed by atoms with Crippen molar-refractivity contribution < 1.29 is 4.79 Å². The zero-order valence-electron chi connectivity index (χ0n) is 9.50. The number of urea groups is 1. The van der Waals surface area contributed by atoms with Crippen molar-refractivity contribution >= 4 is 11.8 Å². The number of carbonyl (C=O) groups is 1. The van der Waals surface area contributed by atoms with Gasteiger partial charge in [0.1, 0.15) is 5.82 Å². The quantitative estimate of drug-likeness (QED) is 0.742. The second-order valence-corrected chi connectivity index (χ2v) is 3.53. The van der Waals surface area contributed by atoms with Crippen LogP contribution in [-0.4, -0.2) is 22.4 Å². The van der Waals surface area contributed by atoms with E-state index in [0.717, 1.165) is 18.5 Å². The zero-order chi connectivity index (χ0) is 11.3. The molecule has 0 spiro atoms. The van der Waals surface area contributed by atoms with E-state index in [1.165, 1.54) is 0 Å². The van der Waals surface area contributed by atoms with Gasteiger partial charge in [0.15, 0.2) is 0 Å². The number of hydrogen-bond acceptors (Lipinski definition) is 2. The first kappa shape index (κ1) is 11.6. The molecule has 2 N–H and O–H groups in total. The molecule has 0 radical (unpaired) electrons. The van der Waals surface area contributed by atoms with Crippen LogP contribution >= 0.6 is 0 Å². The molecule has 0 bridgehead atoms. The molecule has 0 aliphatic heterocycles. The normalized spacial score (nSPS) is 10.1. The minimum atomic E-state index is -0.175. The lowest BCUT2D eigenvalue weighted by atomic mass is 10.3. The highest BCUT2D eigenvalue weighted by atomic mass is 16.2. The Morgan fingerprint density at radius 2 is 2.33 bits per heavy atom. The van der Waals surface area contributed by atoms with Gasteiger partial charge in [-0.1, -0.05) is 13.3 Å². The third-order valence-electron chi connectivity index (χ3n) is 2.06. The lowest BCUT2D eigenvalue weighted by molar-refractivity contribution is 0.252. The molecule has 1 heterocycles. The average Bonchev–Trinajstić information content (AvgIpc) is 2.45. The van der Waals surface area contributed by atoms with Crippen LogP contribution in [0, 0.1) is 6.92 Å². The van der Waals surface area contributed by atoms with Gasteiger partial charge in [-0.15, -0.1) is 0 Å². The fraction of sp³-hybridized carbons (Fsp3) is 0.600. The Kier molecular flexibility index (Phi) is 4.15. The second kappa shape index (κ2) is 5.38. The SMILES string of the molecule is CCCCNC(=O)Nc1cc(C)nn1C. The number of nitrogens with one attached hydrogen (secondary N) is 2. The van der Waals surface area contributed by atoms with E-state index < -0.39 is 0 Å². The number of nitrogens with zero attached hydrogens (tertiary/aromatic N) is 2. The Bertz CT molecular complexity index is 332. The van der Waals surface area contributed by atoms with Crippen LogP contribution in [0.15, 0.2) is 6.07 Å². The van der Waals surface area contributed by atoms with Gasteiger partial charge in [0, 0.05) is 19.7 Å². The maximum absolute atomic E-state index is 11.4. The molecule has 0 aliphatic carbocycles. The zero-order valence-corrected chi connectivity index (χ0v) is 9.50. The highest BCUT2D eigenvalue weighted by Gasteiger charge is 2.05. The predicted molar refractivity (Wildman–Crippen MR) is 59.9 cm³/mol. The van der Waals surface area contributed by atoms with Crippen LogP contribution in [0.5, 0.6) is 0 Å². The number of hydrogen-bond donors (Lipinski definition) is 2. The molecular weight excluding hydrogens is 192 g/mol. The van der Waals surface area contributed by atoms with Gasteiger partial charge < -0.3 is 5.32 Å². The van der Waals surface area contributed by atoms with E-state index >= 15 is 0 Å². The van der Waals surface area contributed by atoms with Crippen molar-refractivity contribution in [1.29, 1.82) is 0 Å². The Morgan fingerprint density at radius 1 is 1.60 bits per heavy atom. The topological polar surface area (TPSA) is 59.0 Å². The minimum absolute atomic E-state index is 0.175. The van der Waals surface area contributed by atoms with Gasteiger partial charge in [-0.25, -0.2) is 4.79 Å². The molecule has 1 aromatic heterocycles. The molecule has 84 valence electrons. The summed E-state index contributed by atoms with van der Waals surface area (Å²) in [5, 5.41) is 9.65. The Hall–Kier alpha value is -1.52. The molecular formula is C10H18N4O. The fourth-order valence-electron chi connectivity index (χ4n) is 1.27. The lowest BCUT2D eigenvalue weighted by Crippen LogP contribution is -2.30. The molecule has 0 atom stereocenters. The predicted octanol–water partition coefficient (Wildman–Crippen LogP) is 1.65. The summed E-state index contributed by atoms with van der Waals surface area (Å²) in [6.45, 7) is 4.68. The number of rotatable bonds is 4. The number of anilines is 1. The number of aromatic nitrogens is 2. The largest absolute Gasteiger partial charge is 0.338 e. The van der Waals surface area contributed by atoms with Crippen LogP contribution in [-0.2, 0) is 7.05 Å². The highest BCUT2D eigenvalue weighted by Crippen LogP contribution is 2.07. The van der Waals surface area contributed by atoms with E-state index in [-0.39, 0.29) is 6.03 Å². The molecule has 2 amide bonds. The van der Waals surface area contributed by atoms with Crippen LogP contribution in [0.2, 0.25) is 0 Å². The number of aryl methyl sites for hydroxylation is 2. The molecule has 0 fully saturated rings. The number of unbranched alkanes of at least 4 members (excludes halogenated alkanes) is 1. The summed E-state index contributed by atoms with van der Waals surface area (Å²) < 4.78 is 1.65. The van der Waals surface area contributed by atoms with Crippen molar-refractivity contribution in [3.8, 4) is 0 Å². The molecule has 0 aliphatic rings. The molecule has 0 aromatic carbocycles. The van der Waals surface area contributed by atoms with E-state index in [1.54, 1.807) is 11.7 Å². The lowest BCUT2D eigenvalue weighted by Gasteiger charge is -2.06. The van der Waals surface area contributed by atoms with Crippen LogP contribution in [0.1, 0.15) is 25.5 Å². The minimum Gasteiger partial charge on any atom is -0.338 e. The molecule has 15 heavy (non-hydrogen) atoms. The Morgan fingerprint density at radius 3 is 2.87 bits per heavy atom. The van der Waals surface area contributed by atoms with Gasteiger partial charge in [-0.2, -0.15) is 5.10 Å². The smallest absolute Gasteiger partial charge is 0.320 e. The van der Waals surface area contributed by atoms with Gasteiger partial charge in [-0.05, 0) is 13.3 Å². The summed E-state index contributed by atoms with van der Waals surface area (Å²) in [4.78, 5) is 11.4. The first-order chi connectivity index (χ1) is 7.13. The summed E-state index contributed by atoms with van der Waals surface area (Å²) in [5.41, 5.74) is 0.890. The maximum Gasteiger partial charge on any atom is 0.320 e. The third-order valence-corrected chi connectivity index (χ3v) is 2.06. The standard InChI is InChI=1S/C10H18N4O/c1-4-5-6-11-10(15)12-9-7-8(2)13-14(9)3/h7H,4-6H2,1-3H3,(H2,11,12,15). The average molecular weight is 210 g/mol. The van der Waals surface area contributed by atoms with Gasteiger partial charge in [0.25, 0.3) is 0 Å². The van der Waals surface area contributed by atoms with Crippen molar-refractivity contribution in [2.75, 3.05) is 11.9 Å². The fourth-order valence-corrected chi connectivity index (χ4v) is 1.27. The van der Waals surface area contributed by atoms with E-state index in [0.29, 0.717) is 12.4 Å². The van der Waals surface area contributed by atoms with Crippen molar-refractivity contribution in [2.24, 2.45) is 7.05 Å². The first-order valence-corrected chi connectivity index (χ1v) is 5.19. The molecule has 5 heteroatoms. The van der Waals surface area contributed by atoms with Crippen LogP contribution < -0.4 is 10.6 Å². The van der Waals surface area contributed by atoms with Gasteiger partial charge in [0.2, 0.25) is 0 Å². The molecule has 5 nitrogen and oxygen atoms in total. The van der Waals surface area contributed by atoms with Crippen molar-refractivity contribution in [1.82, 2.24) is 15.1 Å². The Balaban J connectivity index is 2.41. The molecule has 1 aromatic rings. The van der Waals surface area contributed by atoms with E-state index in [4.69, 9.17) is 0 Å². The van der Waals surface area contributed by atoms with Crippen molar-refractivity contribution in [3.05, 3.63) is 11.8 Å². The second-order valence-electron chi connectivity index (χ2n) is 3.53. The van der Waals surface area contributed by atoms with Crippen molar-refractivity contribution in [2.45, 2.75) is 26.7 Å². The Labute approximate surface area is 89.9 Å². The van der Waals surface area contributed by atoms with E-state index in [9.17, 15) is 4.79 Å². The molecule has 0 saturated heterocycles. The molecule has 0 unspecified atom stereocenters. The summed E-state index contributed by atoms with van der Waals surface area (Å²) in [5.74, 6) is 0.710. The number of amides is 2. The van der Waals surface area contributed by atoms with Crippen LogP contribution in [0.25, 0.3) is 0 Å². The third kappa shape index (κ3) is 3.61. The highest BCUT2D eigenvalue weighted by molar-refractivity contribution is 5.88. The van der Waals surface area contributed by atoms with E-state index in [1.807, 2.05) is 13.0 Å². The summed E-state index contributed by atoms with van der Waals surface area (Å²) in [7, 11) is 1.80. The summed E-state index contributed by atoms with van der Waals surface area (Å²) in [6, 6.07) is 1.66. The van der Waals surface area contributed by atoms with Gasteiger partial charge >= 0.3 is 6.03 Å². The van der Waals surface area contributed by atoms with E-state index in [2.05, 4.69) is 22.7 Å².